The van der Waals surface area contributed by atoms with Crippen LogP contribution in [0.4, 0.5) is 8.78 Å². The van der Waals surface area contributed by atoms with Gasteiger partial charge in [-0.2, -0.15) is 0 Å². The summed E-state index contributed by atoms with van der Waals surface area (Å²) in [5.74, 6) is -1.55. The van der Waals surface area contributed by atoms with E-state index in [0.29, 0.717) is 18.7 Å². The Morgan fingerprint density at radius 1 is 1.09 bits per heavy atom. The van der Waals surface area contributed by atoms with Gasteiger partial charge in [-0.1, -0.05) is 56.3 Å². The Hall–Kier alpha value is -2.80. The van der Waals surface area contributed by atoms with Crippen molar-refractivity contribution >= 4 is 12.2 Å². The van der Waals surface area contributed by atoms with Crippen molar-refractivity contribution in [2.24, 2.45) is 0 Å². The van der Waals surface area contributed by atoms with Crippen molar-refractivity contribution in [3.63, 3.8) is 0 Å². The maximum Gasteiger partial charge on any atom is 0.240 e. The van der Waals surface area contributed by atoms with Crippen LogP contribution >= 0.6 is 0 Å². The Bertz CT molecular complexity index is 1250. The fourth-order valence-electron chi connectivity index (χ4n) is 4.73. The SMILES string of the molecule is CCO[C@@H]1C=c2c(c(C([OH2+])NCc3ccc(F)c(F)c3)c(C(C)C)n2Cc2ccccc2)=CC1. The lowest BCUT2D eigenvalue weighted by atomic mass is 10.0. The van der Waals surface area contributed by atoms with Gasteiger partial charge in [0.05, 0.1) is 11.7 Å². The molecule has 1 aromatic heterocycles. The fraction of sp³-hybridized carbons (Fsp3) is 0.357. The number of aromatic nitrogens is 1. The van der Waals surface area contributed by atoms with Crippen molar-refractivity contribution in [1.29, 1.82) is 0 Å². The van der Waals surface area contributed by atoms with Crippen molar-refractivity contribution < 1.29 is 18.6 Å². The van der Waals surface area contributed by atoms with Gasteiger partial charge in [0.1, 0.15) is 0 Å². The molecule has 0 spiro atoms. The molecule has 1 aliphatic carbocycles. The van der Waals surface area contributed by atoms with E-state index in [1.165, 1.54) is 11.6 Å². The third-order valence-electron chi connectivity index (χ3n) is 6.22. The Morgan fingerprint density at radius 3 is 2.53 bits per heavy atom. The topological polar surface area (TPSA) is 49.1 Å². The molecule has 2 atom stereocenters. The smallest absolute Gasteiger partial charge is 0.240 e. The third-order valence-corrected chi connectivity index (χ3v) is 6.22. The molecule has 6 heteroatoms. The lowest BCUT2D eigenvalue weighted by Crippen LogP contribution is -2.37. The van der Waals surface area contributed by atoms with Crippen LogP contribution in [0.5, 0.6) is 0 Å². The molecule has 0 fully saturated rings. The van der Waals surface area contributed by atoms with Crippen LogP contribution in [0, 0.1) is 11.6 Å². The number of nitrogens with one attached hydrogen (secondary N) is 1. The monoisotopic (exact) mass is 467 g/mol. The Balaban J connectivity index is 1.76. The van der Waals surface area contributed by atoms with Crippen molar-refractivity contribution in [3.8, 4) is 0 Å². The van der Waals surface area contributed by atoms with Crippen LogP contribution in [0.2, 0.25) is 0 Å². The van der Waals surface area contributed by atoms with Crippen molar-refractivity contribution in [2.75, 3.05) is 6.61 Å². The van der Waals surface area contributed by atoms with Gasteiger partial charge in [0.25, 0.3) is 0 Å². The third kappa shape index (κ3) is 5.14. The standard InChI is InChI=1S/C28H32F2N2O2/c1-4-34-21-11-12-22-25(15-21)32(17-19-8-6-5-7-9-19)27(18(2)3)26(22)28(33)31-16-20-10-13-23(29)24(30)14-20/h5-10,12-15,18,21,28,31,33H,4,11,16-17H2,1-3H3/p+1/t21-,28?/m0/s1. The summed E-state index contributed by atoms with van der Waals surface area (Å²) in [6.45, 7) is 7.91. The van der Waals surface area contributed by atoms with Crippen LogP contribution in [-0.4, -0.2) is 22.4 Å². The summed E-state index contributed by atoms with van der Waals surface area (Å²) in [6.07, 6.45) is 4.41. The second kappa shape index (κ2) is 10.6. The minimum Gasteiger partial charge on any atom is -0.428 e. The van der Waals surface area contributed by atoms with Crippen molar-refractivity contribution in [1.82, 2.24) is 9.88 Å². The molecule has 0 aliphatic heterocycles. The van der Waals surface area contributed by atoms with E-state index in [1.807, 2.05) is 25.1 Å². The predicted octanol–water partition coefficient (Wildman–Crippen LogP) is 3.82. The molecular formula is C28H33F2N2O2+. The molecule has 180 valence electrons. The molecule has 0 radical (unpaired) electrons. The number of hydrogen-bond acceptors (Lipinski definition) is 2. The fourth-order valence-corrected chi connectivity index (χ4v) is 4.73. The predicted molar refractivity (Wildman–Crippen MR) is 132 cm³/mol. The zero-order valence-electron chi connectivity index (χ0n) is 19.9. The molecule has 0 saturated carbocycles. The molecule has 4 rings (SSSR count). The van der Waals surface area contributed by atoms with Gasteiger partial charge in [-0.05, 0) is 48.6 Å². The first-order chi connectivity index (χ1) is 16.4. The van der Waals surface area contributed by atoms with Crippen molar-refractivity contribution in [3.05, 3.63) is 93.1 Å². The zero-order valence-corrected chi connectivity index (χ0v) is 19.9. The van der Waals surface area contributed by atoms with Gasteiger partial charge in [0.15, 0.2) is 11.6 Å². The lowest BCUT2D eigenvalue weighted by molar-refractivity contribution is 0.110. The molecule has 3 N–H and O–H groups in total. The highest BCUT2D eigenvalue weighted by atomic mass is 19.2. The van der Waals surface area contributed by atoms with E-state index in [9.17, 15) is 8.78 Å². The Labute approximate surface area is 199 Å². The summed E-state index contributed by atoms with van der Waals surface area (Å²) < 4.78 is 35.2. The van der Waals surface area contributed by atoms with E-state index in [4.69, 9.17) is 9.84 Å². The summed E-state index contributed by atoms with van der Waals surface area (Å²) in [4.78, 5) is 0. The normalized spacial score (nSPS) is 16.1. The molecule has 34 heavy (non-hydrogen) atoms. The number of fused-ring (bicyclic) bond motifs is 1. The van der Waals surface area contributed by atoms with Crippen LogP contribution in [0.15, 0.2) is 48.5 Å². The van der Waals surface area contributed by atoms with Crippen LogP contribution < -0.4 is 15.9 Å². The highest BCUT2D eigenvalue weighted by Gasteiger charge is 2.27. The zero-order chi connectivity index (χ0) is 24.2. The molecule has 1 aliphatic rings. The highest BCUT2D eigenvalue weighted by Crippen LogP contribution is 2.24. The summed E-state index contributed by atoms with van der Waals surface area (Å²) >= 11 is 0. The molecule has 1 unspecified atom stereocenters. The first kappa shape index (κ1) is 24.3. The molecule has 0 bridgehead atoms. The van der Waals surface area contributed by atoms with E-state index >= 15 is 0 Å². The summed E-state index contributed by atoms with van der Waals surface area (Å²) in [6, 6.07) is 14.2. The van der Waals surface area contributed by atoms with Gasteiger partial charge in [0, 0.05) is 36.0 Å². The van der Waals surface area contributed by atoms with Gasteiger partial charge in [0.2, 0.25) is 6.23 Å². The maximum absolute atomic E-state index is 13.7. The molecule has 3 aromatic rings. The molecule has 0 saturated heterocycles. The van der Waals surface area contributed by atoms with Crippen LogP contribution in [-0.2, 0) is 17.8 Å². The number of nitrogens with zero attached hydrogens (tertiary/aromatic N) is 1. The summed E-state index contributed by atoms with van der Waals surface area (Å²) in [5.41, 5.74) is 3.84. The summed E-state index contributed by atoms with van der Waals surface area (Å²) in [7, 11) is 0. The second-order valence-electron chi connectivity index (χ2n) is 8.99. The van der Waals surface area contributed by atoms with E-state index in [2.05, 4.69) is 48.0 Å². The Kier molecular flexibility index (Phi) is 7.61. The van der Waals surface area contributed by atoms with Gasteiger partial charge < -0.3 is 14.4 Å². The molecule has 2 aromatic carbocycles. The van der Waals surface area contributed by atoms with Gasteiger partial charge >= 0.3 is 0 Å². The quantitative estimate of drug-likeness (QED) is 0.384. The summed E-state index contributed by atoms with van der Waals surface area (Å²) in [5, 5.41) is 14.4. The van der Waals surface area contributed by atoms with Crippen LogP contribution in [0.3, 0.4) is 0 Å². The number of halogens is 2. The first-order valence-corrected chi connectivity index (χ1v) is 11.9. The van der Waals surface area contributed by atoms with Gasteiger partial charge in [-0.15, -0.1) is 0 Å². The number of hydrogen-bond donors (Lipinski definition) is 1. The minimum absolute atomic E-state index is 0.00844. The van der Waals surface area contributed by atoms with E-state index in [-0.39, 0.29) is 18.6 Å². The average Bonchev–Trinajstić information content (AvgIpc) is 3.14. The van der Waals surface area contributed by atoms with E-state index < -0.39 is 17.9 Å². The largest absolute Gasteiger partial charge is 0.428 e. The van der Waals surface area contributed by atoms with Crippen LogP contribution in [0.25, 0.3) is 12.2 Å². The van der Waals surface area contributed by atoms with Gasteiger partial charge in [-0.25, -0.2) is 14.1 Å². The van der Waals surface area contributed by atoms with Crippen LogP contribution in [0.1, 0.15) is 61.7 Å². The minimum atomic E-state index is -0.875. The molecule has 4 nitrogen and oxygen atoms in total. The average molecular weight is 468 g/mol. The number of benzene rings is 2. The first-order valence-electron chi connectivity index (χ1n) is 11.9. The lowest BCUT2D eigenvalue weighted by Gasteiger charge is -2.17. The van der Waals surface area contributed by atoms with Crippen molar-refractivity contribution in [2.45, 2.75) is 58.5 Å². The molecule has 1 heterocycles. The number of ether oxygens (including phenoxy) is 1. The number of rotatable bonds is 9. The molecular weight excluding hydrogens is 434 g/mol. The maximum atomic E-state index is 13.7. The second-order valence-corrected chi connectivity index (χ2v) is 8.99. The Morgan fingerprint density at radius 2 is 1.85 bits per heavy atom. The van der Waals surface area contributed by atoms with E-state index in [0.717, 1.165) is 34.3 Å². The van der Waals surface area contributed by atoms with Gasteiger partial charge in [-0.3, -0.25) is 0 Å². The highest BCUT2D eigenvalue weighted by molar-refractivity contribution is 5.47. The molecule has 0 amide bonds. The van der Waals surface area contributed by atoms with E-state index in [1.54, 1.807) is 6.07 Å².